The van der Waals surface area contributed by atoms with E-state index in [1.165, 1.54) is 0 Å². The van der Waals surface area contributed by atoms with Gasteiger partial charge in [-0.1, -0.05) is 62.4 Å². The van der Waals surface area contributed by atoms with Crippen molar-refractivity contribution >= 4 is 11.8 Å². The van der Waals surface area contributed by atoms with Gasteiger partial charge in [0.25, 0.3) is 0 Å². The summed E-state index contributed by atoms with van der Waals surface area (Å²) in [6.07, 6.45) is 0.850. The number of carbonyl (C=O) groups excluding carboxylic acids is 2. The normalized spacial score (nSPS) is 16.8. The zero-order chi connectivity index (χ0) is 23.1. The molecule has 0 spiro atoms. The first-order chi connectivity index (χ1) is 15.3. The number of carbonyl (C=O) groups is 2. The highest BCUT2D eigenvalue weighted by molar-refractivity contribution is 5.88. The molecule has 1 aliphatic rings. The molecule has 0 aliphatic carbocycles. The molecule has 0 aromatic heterocycles. The number of ether oxygens (including phenoxy) is 1. The van der Waals surface area contributed by atoms with Crippen LogP contribution in [0.25, 0.3) is 0 Å². The Morgan fingerprint density at radius 1 is 1.09 bits per heavy atom. The molecule has 2 amide bonds. The maximum atomic E-state index is 13.9. The minimum atomic E-state index is -0.626. The van der Waals surface area contributed by atoms with E-state index in [1.807, 2.05) is 87.4 Å². The molecule has 6 nitrogen and oxygen atoms in total. The van der Waals surface area contributed by atoms with E-state index >= 15 is 0 Å². The summed E-state index contributed by atoms with van der Waals surface area (Å²) in [4.78, 5) is 30.5. The van der Waals surface area contributed by atoms with Gasteiger partial charge in [-0.25, -0.2) is 0 Å². The van der Waals surface area contributed by atoms with Gasteiger partial charge in [-0.15, -0.1) is 0 Å². The SMILES string of the molecule is CC(C)CC(=O)NC(Cc1ccccc1)C(=O)N1Cc2ccccc2OCC1CN(C)C. The molecule has 0 radical (unpaired) electrons. The van der Waals surface area contributed by atoms with Crippen LogP contribution in [-0.4, -0.2) is 60.9 Å². The molecule has 0 fully saturated rings. The maximum Gasteiger partial charge on any atom is 0.246 e. The number of nitrogens with one attached hydrogen (secondary N) is 1. The van der Waals surface area contributed by atoms with Gasteiger partial charge >= 0.3 is 0 Å². The number of rotatable bonds is 8. The van der Waals surface area contributed by atoms with Crippen LogP contribution in [0, 0.1) is 5.92 Å². The number of hydrogen-bond donors (Lipinski definition) is 1. The van der Waals surface area contributed by atoms with Gasteiger partial charge in [0.15, 0.2) is 0 Å². The van der Waals surface area contributed by atoms with Crippen LogP contribution in [0.1, 0.15) is 31.4 Å². The van der Waals surface area contributed by atoms with Crippen molar-refractivity contribution in [1.82, 2.24) is 15.1 Å². The van der Waals surface area contributed by atoms with E-state index in [0.29, 0.717) is 32.5 Å². The standard InChI is InChI=1S/C26H35N3O3/c1-19(2)14-25(30)27-23(15-20-10-6-5-7-11-20)26(31)29-16-21-12-8-9-13-24(21)32-18-22(29)17-28(3)4/h5-13,19,22-23H,14-18H2,1-4H3,(H,27,30). The zero-order valence-electron chi connectivity index (χ0n) is 19.6. The Bertz CT molecular complexity index is 898. The van der Waals surface area contributed by atoms with E-state index in [9.17, 15) is 9.59 Å². The molecule has 0 saturated carbocycles. The van der Waals surface area contributed by atoms with Crippen LogP contribution in [0.3, 0.4) is 0 Å². The number of amides is 2. The third-order valence-electron chi connectivity index (χ3n) is 5.55. The van der Waals surface area contributed by atoms with Gasteiger partial charge in [0.2, 0.25) is 11.8 Å². The molecule has 0 bridgehead atoms. The molecule has 172 valence electrons. The predicted molar refractivity (Wildman–Crippen MR) is 126 cm³/mol. The van der Waals surface area contributed by atoms with Crippen molar-refractivity contribution in [3.05, 3.63) is 65.7 Å². The number of nitrogens with zero attached hydrogens (tertiary/aromatic N) is 2. The van der Waals surface area contributed by atoms with Crippen LogP contribution in [0.5, 0.6) is 5.75 Å². The first kappa shape index (κ1) is 23.8. The van der Waals surface area contributed by atoms with Gasteiger partial charge in [-0.2, -0.15) is 0 Å². The second-order valence-corrected chi connectivity index (χ2v) is 9.21. The second kappa shape index (κ2) is 11.1. The lowest BCUT2D eigenvalue weighted by molar-refractivity contribution is -0.139. The molecular formula is C26H35N3O3. The topological polar surface area (TPSA) is 61.9 Å². The summed E-state index contributed by atoms with van der Waals surface area (Å²) in [6.45, 7) is 5.56. The largest absolute Gasteiger partial charge is 0.491 e. The molecule has 2 aromatic carbocycles. The molecule has 2 atom stereocenters. The Morgan fingerprint density at radius 3 is 2.47 bits per heavy atom. The van der Waals surface area contributed by atoms with Crippen molar-refractivity contribution in [3.8, 4) is 5.75 Å². The van der Waals surface area contributed by atoms with Crippen molar-refractivity contribution in [2.24, 2.45) is 5.92 Å². The minimum Gasteiger partial charge on any atom is -0.491 e. The van der Waals surface area contributed by atoms with Crippen LogP contribution in [0.15, 0.2) is 54.6 Å². The molecule has 1 heterocycles. The van der Waals surface area contributed by atoms with Crippen LogP contribution in [0.4, 0.5) is 0 Å². The van der Waals surface area contributed by atoms with E-state index in [0.717, 1.165) is 16.9 Å². The predicted octanol–water partition coefficient (Wildman–Crippen LogP) is 3.11. The fourth-order valence-electron chi connectivity index (χ4n) is 4.07. The first-order valence-electron chi connectivity index (χ1n) is 11.3. The molecule has 2 aromatic rings. The van der Waals surface area contributed by atoms with E-state index in [4.69, 9.17) is 4.74 Å². The fraction of sp³-hybridized carbons (Fsp3) is 0.462. The summed E-state index contributed by atoms with van der Waals surface area (Å²) in [7, 11) is 3.99. The Hall–Kier alpha value is -2.86. The van der Waals surface area contributed by atoms with Crippen LogP contribution >= 0.6 is 0 Å². The van der Waals surface area contributed by atoms with Gasteiger partial charge in [0, 0.05) is 31.5 Å². The number of para-hydroxylation sites is 1. The summed E-state index contributed by atoms with van der Waals surface area (Å²) in [5.41, 5.74) is 2.00. The lowest BCUT2D eigenvalue weighted by Gasteiger charge is -2.34. The van der Waals surface area contributed by atoms with Crippen LogP contribution in [0.2, 0.25) is 0 Å². The third kappa shape index (κ3) is 6.57. The summed E-state index contributed by atoms with van der Waals surface area (Å²) in [5, 5.41) is 3.03. The zero-order valence-corrected chi connectivity index (χ0v) is 19.6. The highest BCUT2D eigenvalue weighted by atomic mass is 16.5. The van der Waals surface area contributed by atoms with E-state index in [1.54, 1.807) is 0 Å². The van der Waals surface area contributed by atoms with Crippen molar-refractivity contribution in [2.45, 2.75) is 45.3 Å². The second-order valence-electron chi connectivity index (χ2n) is 9.21. The average molecular weight is 438 g/mol. The Balaban J connectivity index is 1.89. The van der Waals surface area contributed by atoms with Crippen LogP contribution < -0.4 is 10.1 Å². The summed E-state index contributed by atoms with van der Waals surface area (Å²) in [6, 6.07) is 17.0. The van der Waals surface area contributed by atoms with Gasteiger partial charge < -0.3 is 19.9 Å². The molecule has 1 aliphatic heterocycles. The lowest BCUT2D eigenvalue weighted by atomic mass is 10.0. The van der Waals surface area contributed by atoms with Crippen molar-refractivity contribution in [3.63, 3.8) is 0 Å². The molecule has 3 rings (SSSR count). The van der Waals surface area contributed by atoms with Crippen molar-refractivity contribution < 1.29 is 14.3 Å². The monoisotopic (exact) mass is 437 g/mol. The van der Waals surface area contributed by atoms with E-state index in [-0.39, 0.29) is 23.8 Å². The van der Waals surface area contributed by atoms with Crippen molar-refractivity contribution in [2.75, 3.05) is 27.2 Å². The molecule has 6 heteroatoms. The number of fused-ring (bicyclic) bond motifs is 1. The molecule has 32 heavy (non-hydrogen) atoms. The smallest absolute Gasteiger partial charge is 0.246 e. The third-order valence-corrected chi connectivity index (χ3v) is 5.55. The highest BCUT2D eigenvalue weighted by Gasteiger charge is 2.34. The average Bonchev–Trinajstić information content (AvgIpc) is 2.92. The summed E-state index contributed by atoms with van der Waals surface area (Å²) >= 11 is 0. The quantitative estimate of drug-likeness (QED) is 0.689. The lowest BCUT2D eigenvalue weighted by Crippen LogP contribution is -2.55. The molecule has 2 unspecified atom stereocenters. The van der Waals surface area contributed by atoms with Gasteiger partial charge in [-0.3, -0.25) is 9.59 Å². The number of hydrogen-bond acceptors (Lipinski definition) is 4. The molecule has 0 saturated heterocycles. The molecule has 1 N–H and O–H groups in total. The van der Waals surface area contributed by atoms with E-state index < -0.39 is 6.04 Å². The van der Waals surface area contributed by atoms with Crippen LogP contribution in [-0.2, 0) is 22.6 Å². The van der Waals surface area contributed by atoms with Gasteiger partial charge in [0.05, 0.1) is 6.04 Å². The highest BCUT2D eigenvalue weighted by Crippen LogP contribution is 2.26. The number of benzene rings is 2. The Labute approximate surface area is 191 Å². The Morgan fingerprint density at radius 2 is 1.78 bits per heavy atom. The molecular weight excluding hydrogens is 402 g/mol. The maximum absolute atomic E-state index is 13.9. The minimum absolute atomic E-state index is 0.0712. The van der Waals surface area contributed by atoms with Crippen molar-refractivity contribution in [1.29, 1.82) is 0 Å². The van der Waals surface area contributed by atoms with E-state index in [2.05, 4.69) is 10.2 Å². The summed E-state index contributed by atoms with van der Waals surface area (Å²) < 4.78 is 6.07. The van der Waals surface area contributed by atoms with Gasteiger partial charge in [0.1, 0.15) is 18.4 Å². The Kier molecular flexibility index (Phi) is 8.28. The summed E-state index contributed by atoms with van der Waals surface area (Å²) in [5.74, 6) is 0.875. The fourth-order valence-corrected chi connectivity index (χ4v) is 4.07. The first-order valence-corrected chi connectivity index (χ1v) is 11.3. The van der Waals surface area contributed by atoms with Gasteiger partial charge in [-0.05, 0) is 31.6 Å². The number of likely N-dealkylation sites (N-methyl/N-ethyl adjacent to an activating group) is 1.